The van der Waals surface area contributed by atoms with Crippen LogP contribution in [0.1, 0.15) is 70.1 Å². The predicted octanol–water partition coefficient (Wildman–Crippen LogP) is 8.47. The molecular formula is C32H42BF3N. The highest BCUT2D eigenvalue weighted by atomic mass is 19.1. The Labute approximate surface area is 223 Å². The lowest BCUT2D eigenvalue weighted by Gasteiger charge is -2.36. The summed E-state index contributed by atoms with van der Waals surface area (Å²) < 4.78 is 43.8. The predicted molar refractivity (Wildman–Crippen MR) is 151 cm³/mol. The summed E-state index contributed by atoms with van der Waals surface area (Å²) in [5.74, 6) is -1.13. The van der Waals surface area contributed by atoms with Crippen LogP contribution in [0.3, 0.4) is 0 Å². The highest BCUT2D eigenvalue weighted by Gasteiger charge is 2.36. The summed E-state index contributed by atoms with van der Waals surface area (Å²) >= 11 is 0. The fourth-order valence-corrected chi connectivity index (χ4v) is 5.25. The van der Waals surface area contributed by atoms with Gasteiger partial charge in [0.2, 0.25) is 0 Å². The van der Waals surface area contributed by atoms with E-state index in [1.54, 1.807) is 18.2 Å². The second-order valence-electron chi connectivity index (χ2n) is 9.64. The first-order valence-electron chi connectivity index (χ1n) is 13.6. The quantitative estimate of drug-likeness (QED) is 0.0996. The average Bonchev–Trinajstić information content (AvgIpc) is 2.91. The molecule has 0 aromatic heterocycles. The van der Waals surface area contributed by atoms with Gasteiger partial charge in [0.05, 0.1) is 26.2 Å². The normalized spacial score (nSPS) is 11.7. The van der Waals surface area contributed by atoms with Crippen molar-refractivity contribution in [1.29, 1.82) is 0 Å². The molecule has 199 valence electrons. The second-order valence-corrected chi connectivity index (χ2v) is 9.64. The van der Waals surface area contributed by atoms with E-state index < -0.39 is 5.41 Å². The molecule has 0 saturated carbocycles. The maximum Gasteiger partial charge on any atom is 0.123 e. The van der Waals surface area contributed by atoms with Crippen LogP contribution in [0.5, 0.6) is 0 Å². The second kappa shape index (κ2) is 15.0. The molecular weight excluding hydrogens is 466 g/mol. The maximum absolute atomic E-state index is 14.2. The van der Waals surface area contributed by atoms with Crippen LogP contribution < -0.4 is 0 Å². The Morgan fingerprint density at radius 2 is 0.973 bits per heavy atom. The van der Waals surface area contributed by atoms with E-state index in [4.69, 9.17) is 7.85 Å². The third kappa shape index (κ3) is 7.98. The number of halogens is 3. The molecule has 0 aliphatic heterocycles. The first-order chi connectivity index (χ1) is 17.8. The van der Waals surface area contributed by atoms with E-state index in [9.17, 15) is 13.2 Å². The molecule has 3 aromatic rings. The summed E-state index contributed by atoms with van der Waals surface area (Å²) in [4.78, 5) is 0. The van der Waals surface area contributed by atoms with Crippen LogP contribution in [-0.2, 0) is 5.41 Å². The van der Waals surface area contributed by atoms with Gasteiger partial charge in [-0.1, -0.05) is 55.7 Å². The molecule has 3 radical (unpaired) electrons. The van der Waals surface area contributed by atoms with E-state index in [-0.39, 0.29) is 17.5 Å². The minimum Gasteiger partial charge on any atom is -0.626 e. The number of rotatable bonds is 12. The molecule has 0 N–H and O–H groups in total. The number of unbranched alkanes of at least 4 members (excludes halogenated alkanes) is 2. The molecule has 0 unspecified atom stereocenters. The fraction of sp³-hybridized carbons (Fsp3) is 0.438. The summed E-state index contributed by atoms with van der Waals surface area (Å²) in [5.41, 5.74) is 1.17. The molecule has 0 saturated heterocycles. The molecule has 0 aliphatic carbocycles. The van der Waals surface area contributed by atoms with Gasteiger partial charge in [-0.05, 0) is 87.2 Å². The Kier molecular flexibility index (Phi) is 12.5. The summed E-state index contributed by atoms with van der Waals surface area (Å²) in [6.07, 6.45) is 3.72. The van der Waals surface area contributed by atoms with Crippen molar-refractivity contribution in [3.05, 3.63) is 107 Å². The molecule has 0 aliphatic rings. The highest BCUT2D eigenvalue weighted by Crippen LogP contribution is 2.44. The molecule has 0 spiro atoms. The third-order valence-corrected chi connectivity index (χ3v) is 7.89. The van der Waals surface area contributed by atoms with Gasteiger partial charge >= 0.3 is 0 Å². The molecule has 3 rings (SSSR count). The van der Waals surface area contributed by atoms with Gasteiger partial charge in [-0.15, -0.1) is 0 Å². The molecule has 1 nitrogen and oxygen atoms in total. The van der Waals surface area contributed by atoms with Gasteiger partial charge in [0.15, 0.2) is 0 Å². The minimum atomic E-state index is -0.860. The number of benzene rings is 3. The summed E-state index contributed by atoms with van der Waals surface area (Å²) in [7, 11) is 5.62. The topological polar surface area (TPSA) is 0 Å². The third-order valence-electron chi connectivity index (χ3n) is 7.89. The van der Waals surface area contributed by atoms with Gasteiger partial charge < -0.3 is 12.3 Å². The fourth-order valence-electron chi connectivity index (χ4n) is 5.25. The van der Waals surface area contributed by atoms with Crippen molar-refractivity contribution in [3.63, 3.8) is 0 Å². The minimum absolute atomic E-state index is 0.378. The number of hydrogen-bond acceptors (Lipinski definition) is 0. The Bertz CT molecular complexity index is 952. The molecule has 37 heavy (non-hydrogen) atoms. The molecule has 5 heteroatoms. The first kappa shape index (κ1) is 30.7. The van der Waals surface area contributed by atoms with E-state index in [1.165, 1.54) is 67.1 Å². The van der Waals surface area contributed by atoms with Crippen LogP contribution in [0.4, 0.5) is 13.2 Å². The van der Waals surface area contributed by atoms with E-state index in [2.05, 4.69) is 27.7 Å². The van der Waals surface area contributed by atoms with Crippen molar-refractivity contribution < 1.29 is 17.7 Å². The van der Waals surface area contributed by atoms with Gasteiger partial charge in [-0.3, -0.25) is 6.32 Å². The first-order valence-corrected chi connectivity index (χ1v) is 13.6. The van der Waals surface area contributed by atoms with Gasteiger partial charge in [0.25, 0.3) is 0 Å². The van der Waals surface area contributed by atoms with E-state index >= 15 is 0 Å². The molecule has 0 bridgehead atoms. The zero-order chi connectivity index (χ0) is 27.3. The van der Waals surface area contributed by atoms with E-state index in [0.717, 1.165) is 19.3 Å². The van der Waals surface area contributed by atoms with Gasteiger partial charge in [-0.25, -0.2) is 13.2 Å². The lowest BCUT2D eigenvalue weighted by molar-refractivity contribution is -0.921. The van der Waals surface area contributed by atoms with Gasteiger partial charge in [-0.2, -0.15) is 0 Å². The van der Waals surface area contributed by atoms with Crippen molar-refractivity contribution in [2.24, 2.45) is 0 Å². The smallest absolute Gasteiger partial charge is 0.123 e. The van der Waals surface area contributed by atoms with Crippen LogP contribution in [0, 0.1) is 17.5 Å². The van der Waals surface area contributed by atoms with Gasteiger partial charge in [0, 0.05) is 5.41 Å². The number of hydrogen-bond donors (Lipinski definition) is 0. The lowest BCUT2D eigenvalue weighted by Crippen LogP contribution is -2.47. The van der Waals surface area contributed by atoms with Crippen molar-refractivity contribution in [3.8, 4) is 0 Å². The van der Waals surface area contributed by atoms with Crippen molar-refractivity contribution in [2.45, 2.75) is 65.1 Å². The van der Waals surface area contributed by atoms with Crippen LogP contribution in [-0.4, -0.2) is 38.5 Å². The number of quaternary nitrogens is 1. The van der Waals surface area contributed by atoms with E-state index in [1.807, 2.05) is 18.2 Å². The van der Waals surface area contributed by atoms with Crippen LogP contribution in [0.25, 0.3) is 0 Å². The van der Waals surface area contributed by atoms with Gasteiger partial charge in [0.1, 0.15) is 17.5 Å². The SMILES string of the molecule is CC[N+](CC)(CC)CC.[B-]CCCCCC(c1cccc(F)c1)(c1cccc(F)c1)c1cccc(F)c1. The maximum atomic E-state index is 14.2. The standard InChI is InChI=1S/C24H22BF3.C8H20N/c25-14-3-1-2-13-24(18-7-4-10-21(26)15-18,19-8-5-11-22(27)16-19)20-9-6-12-23(28)17-20;1-5-9(6-2,7-3)8-4/h4-12,15-17H,1-3,13-14H2;5-8H2,1-4H3/q-1;+1. The Morgan fingerprint density at radius 1 is 0.595 bits per heavy atom. The zero-order valence-corrected chi connectivity index (χ0v) is 23.0. The molecule has 0 fully saturated rings. The lowest BCUT2D eigenvalue weighted by atomic mass is 9.66. The zero-order valence-electron chi connectivity index (χ0n) is 23.0. The molecule has 0 heterocycles. The van der Waals surface area contributed by atoms with Crippen LogP contribution >= 0.6 is 0 Å². The Morgan fingerprint density at radius 3 is 1.24 bits per heavy atom. The molecule has 3 aromatic carbocycles. The van der Waals surface area contributed by atoms with Crippen molar-refractivity contribution in [1.82, 2.24) is 0 Å². The monoisotopic (exact) mass is 508 g/mol. The largest absolute Gasteiger partial charge is 0.626 e. The van der Waals surface area contributed by atoms with Crippen LogP contribution in [0.15, 0.2) is 72.8 Å². The highest BCUT2D eigenvalue weighted by molar-refractivity contribution is 6.08. The molecule has 0 amide bonds. The van der Waals surface area contributed by atoms with Crippen molar-refractivity contribution in [2.75, 3.05) is 26.2 Å². The summed E-state index contributed by atoms with van der Waals surface area (Å²) in [6, 6.07) is 18.9. The Balaban J connectivity index is 0.000000458. The van der Waals surface area contributed by atoms with Crippen LogP contribution in [0.2, 0.25) is 6.32 Å². The average molecular weight is 509 g/mol. The summed E-state index contributed by atoms with van der Waals surface area (Å²) in [5, 5.41) is 0. The number of nitrogens with zero attached hydrogens (tertiary/aromatic N) is 1. The molecule has 0 atom stereocenters. The summed E-state index contributed by atoms with van der Waals surface area (Å²) in [6.45, 7) is 14.2. The Hall–Kier alpha value is -2.53. The van der Waals surface area contributed by atoms with E-state index in [0.29, 0.717) is 29.4 Å². The van der Waals surface area contributed by atoms with Crippen molar-refractivity contribution >= 4 is 7.85 Å².